The summed E-state index contributed by atoms with van der Waals surface area (Å²) in [5, 5.41) is 16.4. The van der Waals surface area contributed by atoms with Crippen LogP contribution in [0.25, 0.3) is 39.0 Å². The van der Waals surface area contributed by atoms with E-state index in [-0.39, 0.29) is 57.8 Å². The second-order valence-corrected chi connectivity index (χ2v) is 19.0. The molecule has 5 aromatic heterocycles. The molecule has 1 unspecified atom stereocenters. The highest BCUT2D eigenvalue weighted by Gasteiger charge is 2.39. The van der Waals surface area contributed by atoms with Crippen LogP contribution in [0.1, 0.15) is 84.0 Å². The number of ether oxygens (including phenoxy) is 1. The number of carbonyl (C=O) groups is 1. The number of hydrogen-bond acceptors (Lipinski definition) is 8. The van der Waals surface area contributed by atoms with E-state index in [1.165, 1.54) is 46.2 Å². The third kappa shape index (κ3) is 6.36. The van der Waals surface area contributed by atoms with Crippen LogP contribution in [0.3, 0.4) is 0 Å². The van der Waals surface area contributed by atoms with Crippen molar-refractivity contribution in [1.29, 1.82) is 0 Å². The minimum atomic E-state index is -4.34. The van der Waals surface area contributed by atoms with Crippen LogP contribution in [0.15, 0.2) is 89.2 Å². The van der Waals surface area contributed by atoms with Gasteiger partial charge in [0.15, 0.2) is 5.82 Å². The molecule has 1 fully saturated rings. The highest BCUT2D eigenvalue weighted by molar-refractivity contribution is 7.90. The van der Waals surface area contributed by atoms with Crippen molar-refractivity contribution in [2.75, 3.05) is 13.2 Å². The summed E-state index contributed by atoms with van der Waals surface area (Å²) >= 11 is 0. The lowest BCUT2D eigenvalue weighted by atomic mass is 9.83. The van der Waals surface area contributed by atoms with E-state index in [4.69, 9.17) is 9.84 Å². The van der Waals surface area contributed by atoms with Crippen LogP contribution in [0, 0.1) is 25.5 Å². The molecule has 10 rings (SSSR count). The van der Waals surface area contributed by atoms with Crippen LogP contribution >= 0.6 is 0 Å². The summed E-state index contributed by atoms with van der Waals surface area (Å²) in [5.74, 6) is -1.13. The van der Waals surface area contributed by atoms with Crippen LogP contribution in [-0.2, 0) is 28.2 Å². The molecule has 63 heavy (non-hydrogen) atoms. The van der Waals surface area contributed by atoms with Crippen molar-refractivity contribution in [2.24, 2.45) is 7.05 Å². The predicted molar refractivity (Wildman–Crippen MR) is 230 cm³/mol. The Labute approximate surface area is 360 Å². The maximum atomic E-state index is 16.1. The number of fused-ring (bicyclic) bond motifs is 3. The molecule has 1 N–H and O–H groups in total. The predicted octanol–water partition coefficient (Wildman–Crippen LogP) is 6.94. The average molecular weight is 875 g/mol. The van der Waals surface area contributed by atoms with Gasteiger partial charge in [0, 0.05) is 56.2 Å². The van der Waals surface area contributed by atoms with Crippen molar-refractivity contribution in [2.45, 2.75) is 76.3 Å². The Morgan fingerprint density at radius 3 is 2.44 bits per heavy atom. The standard InChI is InChI=1S/C45H44F2N10O5S/c1-25-17-31(18-26(2)40(25)46)56-42(55-15-14-54(44(55)59)37-10-9-36-33(41(37)47)24-50-52(36)6)39-27(3)53(13-11-34(39)51-56)43(58)38-20-30-19-28(29-12-16-62-45(4,5)21-29)7-8-35(30)57(38)63(60,61)32-22-48-49-23-32/h7-10,14-15,17-20,22-24,27,29H,11-13,16,21H2,1-6H3,(H,48,49)/t27-,29?/m0/s1. The number of aryl methyl sites for hydroxylation is 3. The molecule has 15 nitrogen and oxygen atoms in total. The second-order valence-electron chi connectivity index (χ2n) is 17.2. The second kappa shape index (κ2) is 14.5. The van der Waals surface area contributed by atoms with Gasteiger partial charge in [0.1, 0.15) is 22.2 Å². The Morgan fingerprint density at radius 2 is 1.71 bits per heavy atom. The molecule has 8 aromatic rings. The Kier molecular flexibility index (Phi) is 9.27. The van der Waals surface area contributed by atoms with Crippen LogP contribution in [0.2, 0.25) is 0 Å². The third-order valence-electron chi connectivity index (χ3n) is 12.7. The van der Waals surface area contributed by atoms with E-state index in [1.807, 2.05) is 12.1 Å². The molecule has 3 aromatic carbocycles. The van der Waals surface area contributed by atoms with E-state index >= 15 is 13.6 Å². The number of halogens is 2. The van der Waals surface area contributed by atoms with Gasteiger partial charge in [0.05, 0.1) is 57.5 Å². The molecule has 7 heterocycles. The van der Waals surface area contributed by atoms with E-state index in [0.29, 0.717) is 51.1 Å². The zero-order valence-electron chi connectivity index (χ0n) is 35.4. The Hall–Kier alpha value is -6.66. The number of amides is 1. The van der Waals surface area contributed by atoms with E-state index < -0.39 is 33.5 Å². The van der Waals surface area contributed by atoms with Gasteiger partial charge in [0.2, 0.25) is 0 Å². The largest absolute Gasteiger partial charge is 0.376 e. The fourth-order valence-electron chi connectivity index (χ4n) is 9.50. The monoisotopic (exact) mass is 874 g/mol. The first-order chi connectivity index (χ1) is 30.0. The van der Waals surface area contributed by atoms with E-state index in [2.05, 4.69) is 29.1 Å². The number of aromatic nitrogens is 9. The third-order valence-corrected chi connectivity index (χ3v) is 14.4. The molecule has 0 spiro atoms. The van der Waals surface area contributed by atoms with Gasteiger partial charge in [-0.2, -0.15) is 15.3 Å². The van der Waals surface area contributed by atoms with Crippen molar-refractivity contribution < 1.29 is 26.7 Å². The zero-order valence-corrected chi connectivity index (χ0v) is 36.2. The Balaban J connectivity index is 1.12. The van der Waals surface area contributed by atoms with Crippen LogP contribution in [-0.4, -0.2) is 80.8 Å². The van der Waals surface area contributed by atoms with Crippen molar-refractivity contribution in [3.63, 3.8) is 0 Å². The topological polar surface area (TPSA) is 160 Å². The fourth-order valence-corrected chi connectivity index (χ4v) is 10.9. The van der Waals surface area contributed by atoms with Crippen LogP contribution in [0.4, 0.5) is 8.78 Å². The number of nitrogens with one attached hydrogen (secondary N) is 1. The first-order valence-corrected chi connectivity index (χ1v) is 22.1. The van der Waals surface area contributed by atoms with Gasteiger partial charge in [-0.1, -0.05) is 6.07 Å². The zero-order chi connectivity index (χ0) is 44.3. The number of benzene rings is 3. The fraction of sp³-hybridized carbons (Fsp3) is 0.311. The van der Waals surface area contributed by atoms with Gasteiger partial charge < -0.3 is 9.64 Å². The Bertz CT molecular complexity index is 3320. The molecule has 324 valence electrons. The maximum absolute atomic E-state index is 16.1. The number of H-pyrrole nitrogens is 1. The average Bonchev–Trinajstić information content (AvgIpc) is 4.10. The van der Waals surface area contributed by atoms with Crippen molar-refractivity contribution >= 4 is 37.7 Å². The molecule has 2 atom stereocenters. The molecule has 0 bridgehead atoms. The number of imidazole rings is 1. The summed E-state index contributed by atoms with van der Waals surface area (Å²) in [7, 11) is -2.64. The lowest BCUT2D eigenvalue weighted by molar-refractivity contribution is -0.0592. The highest BCUT2D eigenvalue weighted by atomic mass is 32.2. The van der Waals surface area contributed by atoms with Crippen molar-refractivity contribution in [3.05, 3.63) is 135 Å². The molecule has 1 saturated heterocycles. The number of nitrogens with zero attached hydrogens (tertiary/aromatic N) is 9. The summed E-state index contributed by atoms with van der Waals surface area (Å²) in [6, 6.07) is 12.9. The smallest absolute Gasteiger partial charge is 0.338 e. The first-order valence-electron chi connectivity index (χ1n) is 20.7. The SMILES string of the molecule is Cc1cc(-n2nc3c(c2-n2ccn(-c4ccc5c(cnn5C)c4F)c2=O)[C@H](C)N(C(=O)c2cc4cc(C5CCOC(C)(C)C5)ccc4n2S(=O)(=O)c2cn[nH]c2)CC3)cc(C)c1F. The van der Waals surface area contributed by atoms with E-state index in [0.717, 1.165) is 22.4 Å². The molecule has 2 aliphatic heterocycles. The molecule has 0 saturated carbocycles. The minimum absolute atomic E-state index is 0.00727. The number of aromatic amines is 1. The molecular weight excluding hydrogens is 831 g/mol. The minimum Gasteiger partial charge on any atom is -0.376 e. The summed E-state index contributed by atoms with van der Waals surface area (Å²) in [5.41, 5.74) is 3.19. The lowest BCUT2D eigenvalue weighted by Crippen LogP contribution is -2.40. The van der Waals surface area contributed by atoms with Gasteiger partial charge in [-0.15, -0.1) is 0 Å². The van der Waals surface area contributed by atoms with E-state index in [1.54, 1.807) is 72.4 Å². The van der Waals surface area contributed by atoms with Gasteiger partial charge in [-0.25, -0.2) is 30.6 Å². The highest BCUT2D eigenvalue weighted by Crippen LogP contribution is 2.40. The number of rotatable bonds is 7. The number of hydrogen-bond donors (Lipinski definition) is 1. The molecule has 0 radical (unpaired) electrons. The maximum Gasteiger partial charge on any atom is 0.338 e. The van der Waals surface area contributed by atoms with Crippen molar-refractivity contribution in [1.82, 2.24) is 47.8 Å². The molecule has 1 amide bonds. The molecule has 18 heteroatoms. The van der Waals surface area contributed by atoms with Gasteiger partial charge >= 0.3 is 5.69 Å². The molecule has 2 aliphatic rings. The first kappa shape index (κ1) is 40.4. The normalized spacial score (nSPS) is 17.8. The van der Waals surface area contributed by atoms with Gasteiger partial charge in [-0.3, -0.25) is 23.7 Å². The van der Waals surface area contributed by atoms with Crippen LogP contribution in [0.5, 0.6) is 0 Å². The summed E-state index contributed by atoms with van der Waals surface area (Å²) < 4.78 is 72.7. The Morgan fingerprint density at radius 1 is 0.968 bits per heavy atom. The van der Waals surface area contributed by atoms with Crippen LogP contribution < -0.4 is 5.69 Å². The molecule has 0 aliphatic carbocycles. The summed E-state index contributed by atoms with van der Waals surface area (Å²) in [4.78, 5) is 31.2. The van der Waals surface area contributed by atoms with Gasteiger partial charge in [-0.05, 0) is 113 Å². The molecular formula is C45H44F2N10O5S. The number of carbonyl (C=O) groups excluding carboxylic acids is 1. The van der Waals surface area contributed by atoms with Gasteiger partial charge in [0.25, 0.3) is 15.9 Å². The lowest BCUT2D eigenvalue weighted by Gasteiger charge is -2.35. The summed E-state index contributed by atoms with van der Waals surface area (Å²) in [6.07, 6.45) is 8.66. The van der Waals surface area contributed by atoms with E-state index in [9.17, 15) is 13.2 Å². The summed E-state index contributed by atoms with van der Waals surface area (Å²) in [6.45, 7) is 9.94. The quantitative estimate of drug-likeness (QED) is 0.180. The van der Waals surface area contributed by atoms with Crippen molar-refractivity contribution in [3.8, 4) is 17.2 Å².